The molecule has 3 aliphatic carbocycles. The third-order valence-electron chi connectivity index (χ3n) is 17.6. The molecule has 17 rings (SSSR count). The lowest BCUT2D eigenvalue weighted by atomic mass is 9.52. The number of hydrogen-bond acceptors (Lipinski definition) is 0. The summed E-state index contributed by atoms with van der Waals surface area (Å²) in [6.07, 6.45) is 0. The summed E-state index contributed by atoms with van der Waals surface area (Å²) in [4.78, 5) is 0. The van der Waals surface area contributed by atoms with Gasteiger partial charge in [-0.2, -0.15) is 0 Å². The fourth-order valence-corrected chi connectivity index (χ4v) is 14.8. The van der Waals surface area contributed by atoms with Crippen LogP contribution in [-0.4, -0.2) is 9.13 Å². The lowest BCUT2D eigenvalue weighted by Gasteiger charge is -2.49. The highest BCUT2D eigenvalue weighted by atomic mass is 15.0. The van der Waals surface area contributed by atoms with Gasteiger partial charge in [-0.1, -0.05) is 231 Å². The van der Waals surface area contributed by atoms with Gasteiger partial charge in [0.15, 0.2) is 0 Å². The monoisotopic (exact) mass is 962 g/mol. The lowest BCUT2D eigenvalue weighted by Crippen LogP contribution is -2.44. The van der Waals surface area contributed by atoms with E-state index in [9.17, 15) is 0 Å². The van der Waals surface area contributed by atoms with Crippen LogP contribution in [0.1, 0.15) is 44.5 Å². The number of rotatable bonds is 4. The molecule has 14 aromatic rings. The van der Waals surface area contributed by atoms with Crippen LogP contribution in [0.4, 0.5) is 0 Å². The third-order valence-corrected chi connectivity index (χ3v) is 17.6. The van der Waals surface area contributed by atoms with Crippen molar-refractivity contribution in [1.29, 1.82) is 0 Å². The Morgan fingerprint density at radius 3 is 0.868 bits per heavy atom. The molecule has 352 valence electrons. The van der Waals surface area contributed by atoms with Gasteiger partial charge in [0.25, 0.3) is 0 Å². The predicted molar refractivity (Wildman–Crippen MR) is 314 cm³/mol. The summed E-state index contributed by atoms with van der Waals surface area (Å²) in [5.41, 5.74) is 26.1. The minimum atomic E-state index is -0.719. The molecule has 2 nitrogen and oxygen atoms in total. The molecule has 3 aliphatic rings. The van der Waals surface area contributed by atoms with E-state index in [1.54, 1.807) is 0 Å². The van der Waals surface area contributed by atoms with E-state index in [4.69, 9.17) is 0 Å². The molecule has 0 atom stereocenters. The van der Waals surface area contributed by atoms with Crippen LogP contribution >= 0.6 is 0 Å². The van der Waals surface area contributed by atoms with Crippen LogP contribution in [0.25, 0.3) is 99.5 Å². The molecule has 0 fully saturated rings. The Morgan fingerprint density at radius 1 is 0.197 bits per heavy atom. The first-order chi connectivity index (χ1) is 37.7. The van der Waals surface area contributed by atoms with Crippen molar-refractivity contribution in [3.8, 4) is 55.9 Å². The van der Waals surface area contributed by atoms with E-state index in [1.165, 1.54) is 133 Å². The van der Waals surface area contributed by atoms with E-state index >= 15 is 0 Å². The second kappa shape index (κ2) is 15.4. The molecule has 0 aliphatic heterocycles. The van der Waals surface area contributed by atoms with Crippen LogP contribution in [0.5, 0.6) is 0 Å². The standard InChI is InChI=1S/C74H46N2/c1-3-23-47(24-4-1)49-27-11-19-39-67(49)75-69-41-21-13-33-55(69)57-43-63-65(45-71(57)75)73(59-35-15-7-29-51(59)52-30-8-16-36-60(52)73)64-44-58-56-34-14-22-42-70(56)76(68-40-20-12-28-50(68)48-25-5-2-6-26-48)72(58)46-66(64)74(63)61-37-17-9-31-53(61)54-32-10-18-38-62(54)74/h1-46H. The van der Waals surface area contributed by atoms with E-state index < -0.39 is 10.8 Å². The quantitative estimate of drug-likeness (QED) is 0.166. The fourth-order valence-electron chi connectivity index (χ4n) is 14.8. The minimum absolute atomic E-state index is 0.719. The zero-order chi connectivity index (χ0) is 49.7. The van der Waals surface area contributed by atoms with E-state index in [-0.39, 0.29) is 0 Å². The van der Waals surface area contributed by atoms with Crippen molar-refractivity contribution in [3.63, 3.8) is 0 Å². The summed E-state index contributed by atoms with van der Waals surface area (Å²) < 4.78 is 5.13. The number of fused-ring (bicyclic) bond motifs is 22. The molecule has 0 saturated heterocycles. The highest BCUT2D eigenvalue weighted by Gasteiger charge is 2.59. The van der Waals surface area contributed by atoms with Crippen molar-refractivity contribution in [1.82, 2.24) is 9.13 Å². The minimum Gasteiger partial charge on any atom is -0.309 e. The van der Waals surface area contributed by atoms with Crippen molar-refractivity contribution >= 4 is 43.6 Å². The second-order valence-electron chi connectivity index (χ2n) is 21.0. The van der Waals surface area contributed by atoms with Crippen molar-refractivity contribution < 1.29 is 0 Å². The molecule has 0 bridgehead atoms. The number of benzene rings is 12. The summed E-state index contributed by atoms with van der Waals surface area (Å²) in [5, 5.41) is 4.95. The molecule has 0 amide bonds. The number of hydrogen-bond donors (Lipinski definition) is 0. The van der Waals surface area contributed by atoms with Crippen molar-refractivity contribution in [2.45, 2.75) is 10.8 Å². The maximum Gasteiger partial charge on any atom is 0.0721 e. The Labute approximate surface area is 440 Å². The Bertz CT molecular complexity index is 4370. The zero-order valence-corrected chi connectivity index (χ0v) is 41.5. The third kappa shape index (κ3) is 5.20. The molecule has 2 heterocycles. The van der Waals surface area contributed by atoms with Crippen LogP contribution in [-0.2, 0) is 10.8 Å². The van der Waals surface area contributed by atoms with E-state index in [1.807, 2.05) is 0 Å². The van der Waals surface area contributed by atoms with Gasteiger partial charge in [-0.25, -0.2) is 0 Å². The highest BCUT2D eigenvalue weighted by Crippen LogP contribution is 2.68. The molecular weight excluding hydrogens is 917 g/mol. The first kappa shape index (κ1) is 41.7. The summed E-state index contributed by atoms with van der Waals surface area (Å²) in [6, 6.07) is 106. The molecule has 0 radical (unpaired) electrons. The number of nitrogens with zero attached hydrogens (tertiary/aromatic N) is 2. The summed E-state index contributed by atoms with van der Waals surface area (Å²) in [7, 11) is 0. The summed E-state index contributed by atoms with van der Waals surface area (Å²) in [5.74, 6) is 0. The van der Waals surface area contributed by atoms with Crippen molar-refractivity contribution in [2.24, 2.45) is 0 Å². The summed E-state index contributed by atoms with van der Waals surface area (Å²) in [6.45, 7) is 0. The average Bonchev–Trinajstić information content (AvgIpc) is 4.32. The normalized spacial score (nSPS) is 14.0. The van der Waals surface area contributed by atoms with E-state index in [0.717, 1.165) is 11.4 Å². The molecule has 76 heavy (non-hydrogen) atoms. The Hall–Kier alpha value is -9.76. The van der Waals surface area contributed by atoms with Gasteiger partial charge < -0.3 is 9.13 Å². The summed E-state index contributed by atoms with van der Waals surface area (Å²) >= 11 is 0. The second-order valence-corrected chi connectivity index (χ2v) is 21.0. The van der Waals surface area contributed by atoms with Crippen LogP contribution < -0.4 is 0 Å². The van der Waals surface area contributed by atoms with Crippen LogP contribution in [0, 0.1) is 0 Å². The van der Waals surface area contributed by atoms with Gasteiger partial charge in [0.2, 0.25) is 0 Å². The molecule has 2 heteroatoms. The van der Waals surface area contributed by atoms with Gasteiger partial charge in [0, 0.05) is 32.7 Å². The van der Waals surface area contributed by atoms with Gasteiger partial charge in [0.1, 0.15) is 0 Å². The molecule has 2 spiro atoms. The van der Waals surface area contributed by atoms with Crippen LogP contribution in [0.15, 0.2) is 279 Å². The molecule has 12 aromatic carbocycles. The molecule has 0 unspecified atom stereocenters. The Balaban J connectivity index is 1.11. The molecule has 2 aromatic heterocycles. The first-order valence-corrected chi connectivity index (χ1v) is 26.6. The average molecular weight is 963 g/mol. The maximum absolute atomic E-state index is 2.65. The molecular formula is C74H46N2. The Morgan fingerprint density at radius 2 is 0.487 bits per heavy atom. The predicted octanol–water partition coefficient (Wildman–Crippen LogP) is 18.3. The van der Waals surface area contributed by atoms with Gasteiger partial charge in [-0.15, -0.1) is 0 Å². The topological polar surface area (TPSA) is 9.86 Å². The van der Waals surface area contributed by atoms with Crippen molar-refractivity contribution in [3.05, 3.63) is 324 Å². The smallest absolute Gasteiger partial charge is 0.0721 e. The first-order valence-electron chi connectivity index (χ1n) is 26.6. The van der Waals surface area contributed by atoms with Crippen LogP contribution in [0.3, 0.4) is 0 Å². The zero-order valence-electron chi connectivity index (χ0n) is 41.5. The van der Waals surface area contributed by atoms with Gasteiger partial charge in [0.05, 0.1) is 44.3 Å². The van der Waals surface area contributed by atoms with Crippen LogP contribution in [0.2, 0.25) is 0 Å². The largest absolute Gasteiger partial charge is 0.309 e. The van der Waals surface area contributed by atoms with E-state index in [2.05, 4.69) is 288 Å². The SMILES string of the molecule is c1ccc(-c2ccccc2-n2c3ccccc3c3cc4c(cc32)C2(c3ccccc3-c3ccccc32)c2cc3c5ccccc5n(-c5ccccc5-c5ccccc5)c3cc2C42c3ccccc3-c3ccccc32)cc1. The molecule has 0 saturated carbocycles. The van der Waals surface area contributed by atoms with Gasteiger partial charge in [-0.05, 0) is 126 Å². The van der Waals surface area contributed by atoms with E-state index in [0.29, 0.717) is 0 Å². The maximum atomic E-state index is 2.65. The number of para-hydroxylation sites is 4. The van der Waals surface area contributed by atoms with Gasteiger partial charge >= 0.3 is 0 Å². The Kier molecular flexibility index (Phi) is 8.44. The molecule has 0 N–H and O–H groups in total. The highest BCUT2D eigenvalue weighted by molar-refractivity contribution is 6.14. The number of aromatic nitrogens is 2. The lowest BCUT2D eigenvalue weighted by molar-refractivity contribution is 0.635. The van der Waals surface area contributed by atoms with Gasteiger partial charge in [-0.3, -0.25) is 0 Å². The fraction of sp³-hybridized carbons (Fsp3) is 0.0270. The van der Waals surface area contributed by atoms with Crippen molar-refractivity contribution in [2.75, 3.05) is 0 Å².